The zero-order valence-corrected chi connectivity index (χ0v) is 14.5. The fraction of sp³-hybridized carbons (Fsp3) is 0.375. The van der Waals surface area contributed by atoms with E-state index in [-0.39, 0.29) is 4.75 Å². The van der Waals surface area contributed by atoms with Crippen LogP contribution in [-0.2, 0) is 16.3 Å². The number of nitrogens with one attached hydrogen (secondary N) is 1. The predicted molar refractivity (Wildman–Crippen MR) is 90.8 cm³/mol. The van der Waals surface area contributed by atoms with Gasteiger partial charge in [-0.15, -0.1) is 0 Å². The summed E-state index contributed by atoms with van der Waals surface area (Å²) in [5.41, 5.74) is 4.31. The van der Waals surface area contributed by atoms with E-state index in [1.807, 2.05) is 19.1 Å². The van der Waals surface area contributed by atoms with Gasteiger partial charge in [0.05, 0.1) is 4.90 Å². The number of thiol groups is 1. The van der Waals surface area contributed by atoms with Gasteiger partial charge in [-0.3, -0.25) is 0 Å². The zero-order valence-electron chi connectivity index (χ0n) is 12.8. The van der Waals surface area contributed by atoms with E-state index in [2.05, 4.69) is 37.5 Å². The third-order valence-corrected chi connectivity index (χ3v) is 4.51. The molecule has 0 bridgehead atoms. The molecule has 2 aromatic rings. The quantitative estimate of drug-likeness (QED) is 0.844. The average molecular weight is 323 g/mol. The van der Waals surface area contributed by atoms with Gasteiger partial charge in [0.2, 0.25) is 0 Å². The van der Waals surface area contributed by atoms with E-state index in [1.54, 1.807) is 12.1 Å². The molecule has 21 heavy (non-hydrogen) atoms. The van der Waals surface area contributed by atoms with E-state index < -0.39 is 9.84 Å². The van der Waals surface area contributed by atoms with Gasteiger partial charge in [-0.2, -0.15) is 12.6 Å². The Bertz CT molecular complexity index is 736. The molecule has 0 saturated heterocycles. The molecule has 1 heterocycles. The first-order chi connectivity index (χ1) is 9.56. The summed E-state index contributed by atoms with van der Waals surface area (Å²) in [6.45, 7) is 6.17. The van der Waals surface area contributed by atoms with Crippen molar-refractivity contribution in [1.82, 2.24) is 4.98 Å². The van der Waals surface area contributed by atoms with Gasteiger partial charge in [0.25, 0.3) is 0 Å². The second-order valence-electron chi connectivity index (χ2n) is 6.14. The number of benzene rings is 1. The zero-order chi connectivity index (χ0) is 15.8. The fourth-order valence-corrected chi connectivity index (χ4v) is 3.18. The molecule has 0 spiro atoms. The largest absolute Gasteiger partial charge is 0.358 e. The second kappa shape index (κ2) is 5.54. The van der Waals surface area contributed by atoms with Gasteiger partial charge < -0.3 is 4.98 Å². The molecule has 0 aliphatic heterocycles. The lowest BCUT2D eigenvalue weighted by Gasteiger charge is -2.17. The highest BCUT2D eigenvalue weighted by molar-refractivity contribution is 7.90. The van der Waals surface area contributed by atoms with Crippen molar-refractivity contribution in [2.45, 2.75) is 36.8 Å². The lowest BCUT2D eigenvalue weighted by Crippen LogP contribution is -2.14. The van der Waals surface area contributed by atoms with Gasteiger partial charge >= 0.3 is 0 Å². The van der Waals surface area contributed by atoms with Gasteiger partial charge in [0.15, 0.2) is 9.84 Å². The molecule has 0 aliphatic rings. The fourth-order valence-electron chi connectivity index (χ4n) is 2.38. The number of sulfone groups is 1. The van der Waals surface area contributed by atoms with Crippen molar-refractivity contribution in [3.8, 4) is 11.3 Å². The Morgan fingerprint density at radius 1 is 1.19 bits per heavy atom. The minimum Gasteiger partial charge on any atom is -0.358 e. The molecule has 1 N–H and O–H groups in total. The van der Waals surface area contributed by atoms with Gasteiger partial charge in [-0.25, -0.2) is 8.42 Å². The van der Waals surface area contributed by atoms with Crippen LogP contribution >= 0.6 is 12.6 Å². The SMILES string of the molecule is Cc1cc(CC(C)(C)S)c(-c2ccc(S(C)(=O)=O)cc2)[nH]1. The summed E-state index contributed by atoms with van der Waals surface area (Å²) in [5.74, 6) is 0. The molecule has 0 amide bonds. The second-order valence-corrected chi connectivity index (χ2v) is 9.36. The first-order valence-electron chi connectivity index (χ1n) is 6.78. The van der Waals surface area contributed by atoms with Crippen LogP contribution in [-0.4, -0.2) is 24.4 Å². The molecule has 1 aromatic carbocycles. The number of rotatable bonds is 4. The summed E-state index contributed by atoms with van der Waals surface area (Å²) in [5, 5.41) is 0. The van der Waals surface area contributed by atoms with E-state index in [9.17, 15) is 8.42 Å². The molecular weight excluding hydrogens is 302 g/mol. The molecule has 1 aromatic heterocycles. The van der Waals surface area contributed by atoms with Crippen LogP contribution in [0.5, 0.6) is 0 Å². The Morgan fingerprint density at radius 3 is 2.24 bits per heavy atom. The molecule has 0 atom stereocenters. The molecule has 0 radical (unpaired) electrons. The first-order valence-corrected chi connectivity index (χ1v) is 9.11. The normalized spacial score (nSPS) is 12.6. The molecule has 0 saturated carbocycles. The van der Waals surface area contributed by atoms with Crippen LogP contribution < -0.4 is 0 Å². The number of hydrogen-bond acceptors (Lipinski definition) is 3. The summed E-state index contributed by atoms with van der Waals surface area (Å²) in [7, 11) is -3.16. The number of H-pyrrole nitrogens is 1. The van der Waals surface area contributed by atoms with Crippen LogP contribution in [0, 0.1) is 6.92 Å². The smallest absolute Gasteiger partial charge is 0.175 e. The van der Waals surface area contributed by atoms with E-state index in [4.69, 9.17) is 0 Å². The Morgan fingerprint density at radius 2 is 1.76 bits per heavy atom. The Labute approximate surface area is 132 Å². The third kappa shape index (κ3) is 4.14. The molecular formula is C16H21NO2S2. The van der Waals surface area contributed by atoms with Crippen LogP contribution in [0.25, 0.3) is 11.3 Å². The highest BCUT2D eigenvalue weighted by Gasteiger charge is 2.18. The summed E-state index contributed by atoms with van der Waals surface area (Å²) >= 11 is 4.60. The minimum absolute atomic E-state index is 0.101. The average Bonchev–Trinajstić information content (AvgIpc) is 2.67. The lowest BCUT2D eigenvalue weighted by molar-refractivity contribution is 0.602. The van der Waals surface area contributed by atoms with E-state index in [1.165, 1.54) is 11.8 Å². The topological polar surface area (TPSA) is 49.9 Å². The van der Waals surface area contributed by atoms with Crippen LogP contribution in [0.3, 0.4) is 0 Å². The van der Waals surface area contributed by atoms with E-state index in [0.717, 1.165) is 23.4 Å². The number of aryl methyl sites for hydroxylation is 1. The van der Waals surface area contributed by atoms with Crippen molar-refractivity contribution in [3.05, 3.63) is 41.6 Å². The highest BCUT2D eigenvalue weighted by Crippen LogP contribution is 2.29. The molecule has 2 rings (SSSR count). The Hall–Kier alpha value is -1.20. The summed E-state index contributed by atoms with van der Waals surface area (Å²) in [6, 6.07) is 9.11. The number of aromatic amines is 1. The lowest BCUT2D eigenvalue weighted by atomic mass is 9.99. The number of hydrogen-bond donors (Lipinski definition) is 2. The first kappa shape index (κ1) is 16.2. The minimum atomic E-state index is -3.16. The standard InChI is InChI=1S/C16H21NO2S2/c1-11-9-13(10-16(2,3)20)15(17-11)12-5-7-14(8-6-12)21(4,18)19/h5-9,17,20H,10H2,1-4H3. The summed E-state index contributed by atoms with van der Waals surface area (Å²) < 4.78 is 22.9. The van der Waals surface area contributed by atoms with Gasteiger partial charge in [-0.1, -0.05) is 26.0 Å². The predicted octanol–water partition coefficient (Wildman–Crippen LogP) is 3.64. The maximum Gasteiger partial charge on any atom is 0.175 e. The van der Waals surface area contributed by atoms with Crippen molar-refractivity contribution in [3.63, 3.8) is 0 Å². The number of aromatic nitrogens is 1. The molecule has 3 nitrogen and oxygen atoms in total. The van der Waals surface area contributed by atoms with Crippen molar-refractivity contribution in [2.75, 3.05) is 6.26 Å². The van der Waals surface area contributed by atoms with Crippen molar-refractivity contribution in [2.24, 2.45) is 0 Å². The van der Waals surface area contributed by atoms with Crippen LogP contribution in [0.4, 0.5) is 0 Å². The van der Waals surface area contributed by atoms with Crippen LogP contribution in [0.1, 0.15) is 25.1 Å². The highest BCUT2D eigenvalue weighted by atomic mass is 32.2. The summed E-state index contributed by atoms with van der Waals surface area (Å²) in [4.78, 5) is 3.70. The van der Waals surface area contributed by atoms with Gasteiger partial charge in [0, 0.05) is 22.4 Å². The van der Waals surface area contributed by atoms with Crippen molar-refractivity contribution >= 4 is 22.5 Å². The molecule has 0 unspecified atom stereocenters. The maximum atomic E-state index is 11.5. The molecule has 0 aliphatic carbocycles. The molecule has 5 heteroatoms. The van der Waals surface area contributed by atoms with Crippen molar-refractivity contribution < 1.29 is 8.42 Å². The van der Waals surface area contributed by atoms with Crippen molar-refractivity contribution in [1.29, 1.82) is 0 Å². The Balaban J connectivity index is 2.43. The Kier molecular flexibility index (Phi) is 4.26. The van der Waals surface area contributed by atoms with Gasteiger partial charge in [-0.05, 0) is 42.7 Å². The van der Waals surface area contributed by atoms with Crippen LogP contribution in [0.15, 0.2) is 35.2 Å². The van der Waals surface area contributed by atoms with Crippen LogP contribution in [0.2, 0.25) is 0 Å². The van der Waals surface area contributed by atoms with E-state index in [0.29, 0.717) is 4.90 Å². The monoisotopic (exact) mass is 323 g/mol. The molecule has 114 valence electrons. The maximum absolute atomic E-state index is 11.5. The van der Waals surface area contributed by atoms with E-state index >= 15 is 0 Å². The summed E-state index contributed by atoms with van der Waals surface area (Å²) in [6.07, 6.45) is 2.05. The van der Waals surface area contributed by atoms with Gasteiger partial charge in [0.1, 0.15) is 0 Å². The third-order valence-electron chi connectivity index (χ3n) is 3.23. The molecule has 0 fully saturated rings.